The van der Waals surface area contributed by atoms with Gasteiger partial charge in [-0.25, -0.2) is 41.0 Å². The van der Waals surface area contributed by atoms with Gasteiger partial charge in [0.2, 0.25) is 11.8 Å². The molecular formula is C33H56N8O10S2. The summed E-state index contributed by atoms with van der Waals surface area (Å²) < 4.78 is 57.7. The first-order chi connectivity index (χ1) is 24.5. The van der Waals surface area contributed by atoms with Crippen LogP contribution in [0, 0.1) is 11.8 Å². The number of rotatable bonds is 19. The maximum Gasteiger partial charge on any atom is 0.408 e. The van der Waals surface area contributed by atoms with Crippen LogP contribution in [0.4, 0.5) is 4.79 Å². The Kier molecular flexibility index (Phi) is 20.0. The predicted octanol–water partition coefficient (Wildman–Crippen LogP) is -0.0132. The van der Waals surface area contributed by atoms with Crippen molar-refractivity contribution in [1.82, 2.24) is 35.4 Å². The topological polar surface area (TPSA) is 281 Å². The maximum atomic E-state index is 12.5. The normalized spacial score (nSPS) is 14.3. The van der Waals surface area contributed by atoms with Gasteiger partial charge in [0.05, 0.1) is 18.2 Å². The van der Waals surface area contributed by atoms with E-state index in [0.717, 1.165) is 0 Å². The third-order valence-corrected chi connectivity index (χ3v) is 9.32. The molecule has 0 aliphatic rings. The third kappa shape index (κ3) is 20.3. The molecule has 0 aromatic carbocycles. The van der Waals surface area contributed by atoms with E-state index in [9.17, 15) is 41.4 Å². The van der Waals surface area contributed by atoms with Gasteiger partial charge in [-0.3, -0.25) is 9.59 Å². The highest BCUT2D eigenvalue weighted by atomic mass is 32.2. The zero-order valence-electron chi connectivity index (χ0n) is 31.3. The van der Waals surface area contributed by atoms with Crippen molar-refractivity contribution in [3.05, 3.63) is 48.8 Å². The number of carbonyl (C=O) groups excluding carboxylic acids is 3. The van der Waals surface area contributed by atoms with Gasteiger partial charge in [-0.05, 0) is 69.7 Å². The summed E-state index contributed by atoms with van der Waals surface area (Å²) in [7, 11) is -7.65. The molecule has 0 bridgehead atoms. The monoisotopic (exact) mass is 788 g/mol. The maximum absolute atomic E-state index is 12.5. The second-order valence-electron chi connectivity index (χ2n) is 13.9. The Morgan fingerprint density at radius 1 is 0.736 bits per heavy atom. The molecule has 0 spiro atoms. The Bertz CT molecular complexity index is 1630. The van der Waals surface area contributed by atoms with Crippen LogP contribution < -0.4 is 31.1 Å². The number of alkyl carbamates (subject to hydrolysis) is 1. The minimum atomic E-state index is -3.87. The lowest BCUT2D eigenvalue weighted by atomic mass is 10.0. The second-order valence-corrected chi connectivity index (χ2v) is 17.3. The first kappa shape index (κ1) is 47.2. The van der Waals surface area contributed by atoms with Gasteiger partial charge in [0, 0.05) is 38.6 Å². The van der Waals surface area contributed by atoms with Gasteiger partial charge in [0.25, 0.3) is 20.0 Å². The van der Waals surface area contributed by atoms with Gasteiger partial charge in [0.15, 0.2) is 10.1 Å². The van der Waals surface area contributed by atoms with Crippen LogP contribution in [0.2, 0.25) is 0 Å². The van der Waals surface area contributed by atoms with Crippen LogP contribution in [0.5, 0.6) is 0 Å². The van der Waals surface area contributed by atoms with Gasteiger partial charge in [-0.1, -0.05) is 39.8 Å². The first-order valence-electron chi connectivity index (χ1n) is 17.0. The number of aromatic nitrogens is 2. The van der Waals surface area contributed by atoms with Crippen LogP contribution >= 0.6 is 0 Å². The van der Waals surface area contributed by atoms with E-state index in [1.807, 2.05) is 27.7 Å². The van der Waals surface area contributed by atoms with Crippen molar-refractivity contribution < 1.29 is 46.2 Å². The number of aliphatic hydroxyl groups excluding tert-OH is 2. The molecule has 2 aromatic heterocycles. The van der Waals surface area contributed by atoms with E-state index in [1.54, 1.807) is 39.0 Å². The fourth-order valence-electron chi connectivity index (χ4n) is 4.17. The highest BCUT2D eigenvalue weighted by molar-refractivity contribution is 7.89. The highest BCUT2D eigenvalue weighted by Crippen LogP contribution is 2.10. The zero-order chi connectivity index (χ0) is 40.4. The van der Waals surface area contributed by atoms with Gasteiger partial charge < -0.3 is 36.6 Å². The van der Waals surface area contributed by atoms with E-state index in [1.165, 1.54) is 30.6 Å². The van der Waals surface area contributed by atoms with Gasteiger partial charge >= 0.3 is 6.09 Å². The zero-order valence-corrected chi connectivity index (χ0v) is 32.9. The van der Waals surface area contributed by atoms with Gasteiger partial charge in [-0.15, -0.1) is 0 Å². The van der Waals surface area contributed by atoms with E-state index in [4.69, 9.17) is 10.5 Å². The number of ether oxygens (including phenoxy) is 1. The summed E-state index contributed by atoms with van der Waals surface area (Å²) in [5.74, 6) is -0.469. The Labute approximate surface area is 312 Å². The molecule has 0 radical (unpaired) electrons. The van der Waals surface area contributed by atoms with Crippen molar-refractivity contribution in [3.63, 3.8) is 0 Å². The van der Waals surface area contributed by atoms with Crippen LogP contribution in [-0.4, -0.2) is 111 Å². The summed E-state index contributed by atoms with van der Waals surface area (Å²) in [4.78, 5) is 43.7. The number of hydrogen-bond donors (Lipinski definition) is 8. The average molecular weight is 789 g/mol. The average Bonchev–Trinajstić information content (AvgIpc) is 3.07. The highest BCUT2D eigenvalue weighted by Gasteiger charge is 2.26. The molecule has 2 aromatic rings. The van der Waals surface area contributed by atoms with Gasteiger partial charge in [-0.2, -0.15) is 0 Å². The summed E-state index contributed by atoms with van der Waals surface area (Å²) in [5.41, 5.74) is 5.01. The Morgan fingerprint density at radius 3 is 1.55 bits per heavy atom. The molecule has 3 amide bonds. The number of nitrogens with one attached hydrogen (secondary N) is 5. The Hall–Kier alpha value is -3.79. The van der Waals surface area contributed by atoms with Gasteiger partial charge in [0.1, 0.15) is 11.6 Å². The number of pyridine rings is 2. The molecule has 2 unspecified atom stereocenters. The minimum Gasteiger partial charge on any atom is -0.444 e. The van der Waals surface area contributed by atoms with E-state index in [0.29, 0.717) is 12.8 Å². The molecular weight excluding hydrogens is 733 g/mol. The molecule has 0 aliphatic heterocycles. The summed E-state index contributed by atoms with van der Waals surface area (Å²) in [6.07, 6.45) is 0.658. The second kappa shape index (κ2) is 22.4. The molecule has 4 atom stereocenters. The first-order valence-corrected chi connectivity index (χ1v) is 20.0. The number of sulfonamides is 2. The van der Waals surface area contributed by atoms with Crippen LogP contribution in [0.25, 0.3) is 0 Å². The molecule has 0 saturated carbocycles. The van der Waals surface area contributed by atoms with Crippen molar-refractivity contribution >= 4 is 38.0 Å². The summed E-state index contributed by atoms with van der Waals surface area (Å²) in [6.45, 7) is 12.0. The number of nitrogens with two attached hydrogens (primary N) is 1. The summed E-state index contributed by atoms with van der Waals surface area (Å²) in [6, 6.07) is 7.45. The Balaban J connectivity index is 0.000000549. The number of nitrogens with zero attached hydrogens (tertiary/aromatic N) is 2. The SMILES string of the molecule is CC(C)C[C@H](N)C(=O)NCC(O)CNS(=O)(=O)c1ccccn1.CC(C)C[C@H](NC(=O)OC(C)(C)C)C(=O)NCC(O)CNS(=O)(=O)c1ccccn1. The molecule has 20 heteroatoms. The molecule has 2 heterocycles. The van der Waals surface area contributed by atoms with Crippen molar-refractivity contribution in [1.29, 1.82) is 0 Å². The number of carbonyl (C=O) groups is 3. The van der Waals surface area contributed by atoms with Crippen LogP contribution in [0.3, 0.4) is 0 Å². The molecule has 18 nitrogen and oxygen atoms in total. The van der Waals surface area contributed by atoms with Crippen LogP contribution in [0.1, 0.15) is 61.3 Å². The molecule has 9 N–H and O–H groups in total. The predicted molar refractivity (Wildman–Crippen MR) is 197 cm³/mol. The third-order valence-electron chi connectivity index (χ3n) is 6.64. The lowest BCUT2D eigenvalue weighted by Crippen LogP contribution is -2.50. The number of aliphatic hydroxyl groups is 2. The molecule has 53 heavy (non-hydrogen) atoms. The van der Waals surface area contributed by atoms with E-state index in [2.05, 4.69) is 35.4 Å². The van der Waals surface area contributed by atoms with Crippen molar-refractivity contribution in [3.8, 4) is 0 Å². The van der Waals surface area contributed by atoms with E-state index >= 15 is 0 Å². The number of hydrogen-bond acceptors (Lipinski definition) is 13. The lowest BCUT2D eigenvalue weighted by Gasteiger charge is -2.24. The largest absolute Gasteiger partial charge is 0.444 e. The Morgan fingerprint density at radius 2 is 1.17 bits per heavy atom. The van der Waals surface area contributed by atoms with E-state index in [-0.39, 0.29) is 54.0 Å². The number of amides is 3. The molecule has 0 saturated heterocycles. The molecule has 300 valence electrons. The van der Waals surface area contributed by atoms with Crippen molar-refractivity contribution in [2.45, 2.75) is 101 Å². The van der Waals surface area contributed by atoms with Crippen molar-refractivity contribution in [2.75, 3.05) is 26.2 Å². The van der Waals surface area contributed by atoms with Crippen molar-refractivity contribution in [2.24, 2.45) is 17.6 Å². The lowest BCUT2D eigenvalue weighted by molar-refractivity contribution is -0.124. The summed E-state index contributed by atoms with van der Waals surface area (Å²) >= 11 is 0. The fourth-order valence-corrected chi connectivity index (χ4v) is 6.21. The standard InChI is InChI=1S/C19H32N4O6S.C14H24N4O4S/c1-13(2)10-15(23-18(26)29-19(3,4)5)17(25)21-11-14(24)12-22-30(27,28)16-8-6-7-9-20-16;1-10(2)7-12(15)14(20)17-8-11(19)9-18-23(21,22)13-5-3-4-6-16-13/h6-9,13-15,22,24H,10-12H2,1-5H3,(H,21,25)(H,23,26);3-6,10-12,18-19H,7-9,15H2,1-2H3,(H,17,20)/t14?,15-;11?,12-/m00/s1. The fraction of sp³-hybridized carbons (Fsp3) is 0.606. The summed E-state index contributed by atoms with van der Waals surface area (Å²) in [5, 5.41) is 27.1. The van der Waals surface area contributed by atoms with E-state index < -0.39 is 61.9 Å². The minimum absolute atomic E-state index is 0.0879. The quantitative estimate of drug-likeness (QED) is 0.0931. The molecule has 0 fully saturated rings. The van der Waals surface area contributed by atoms with Crippen LogP contribution in [0.15, 0.2) is 58.8 Å². The smallest absolute Gasteiger partial charge is 0.408 e. The molecule has 2 rings (SSSR count). The molecule has 0 aliphatic carbocycles. The van der Waals surface area contributed by atoms with Crippen LogP contribution in [-0.2, 0) is 34.4 Å².